The molecule has 0 heterocycles. The molecule has 0 saturated heterocycles. The van der Waals surface area contributed by atoms with E-state index in [2.05, 4.69) is 0 Å². The van der Waals surface area contributed by atoms with E-state index < -0.39 is 24.1 Å². The van der Waals surface area contributed by atoms with E-state index in [-0.39, 0.29) is 30.4 Å². The van der Waals surface area contributed by atoms with Gasteiger partial charge in [0.05, 0.1) is 12.2 Å². The van der Waals surface area contributed by atoms with Crippen molar-refractivity contribution in [3.63, 3.8) is 0 Å². The minimum atomic E-state index is -0.821. The number of halogens is 1. The van der Waals surface area contributed by atoms with E-state index in [0.29, 0.717) is 32.1 Å². The Hall–Kier alpha value is -2.31. The Kier molecular flexibility index (Phi) is 9.22. The molecule has 6 heteroatoms. The van der Waals surface area contributed by atoms with Gasteiger partial charge in [-0.05, 0) is 49.8 Å². The zero-order valence-electron chi connectivity index (χ0n) is 16.4. The normalized spacial score (nSPS) is 23.3. The Balaban J connectivity index is 1.83. The third kappa shape index (κ3) is 7.91. The number of carboxylic acid groups (broad SMARTS) is 1. The summed E-state index contributed by atoms with van der Waals surface area (Å²) in [4.78, 5) is 22.7. The highest BCUT2D eigenvalue weighted by Crippen LogP contribution is 2.33. The van der Waals surface area contributed by atoms with E-state index in [1.807, 2.05) is 12.2 Å². The third-order valence-corrected chi connectivity index (χ3v) is 5.26. The number of carbonyl (C=O) groups is 2. The first-order chi connectivity index (χ1) is 13.9. The summed E-state index contributed by atoms with van der Waals surface area (Å²) >= 11 is 0. The number of aliphatic hydroxyl groups is 2. The fourth-order valence-corrected chi connectivity index (χ4v) is 3.58. The lowest BCUT2D eigenvalue weighted by molar-refractivity contribution is -0.137. The van der Waals surface area contributed by atoms with Crippen LogP contribution in [0.25, 0.3) is 0 Å². The van der Waals surface area contributed by atoms with Crippen molar-refractivity contribution in [2.45, 2.75) is 57.2 Å². The van der Waals surface area contributed by atoms with Gasteiger partial charge in [-0.15, -0.1) is 0 Å². The molecule has 158 valence electrons. The number of aryl methyl sites for hydroxylation is 1. The molecule has 1 aliphatic carbocycles. The van der Waals surface area contributed by atoms with Crippen LogP contribution in [0.1, 0.15) is 44.1 Å². The number of hydrogen-bond donors (Lipinski definition) is 3. The van der Waals surface area contributed by atoms with Crippen molar-refractivity contribution in [1.29, 1.82) is 0 Å². The van der Waals surface area contributed by atoms with Crippen LogP contribution in [0.15, 0.2) is 48.6 Å². The molecular weight excluding hydrogens is 375 g/mol. The van der Waals surface area contributed by atoms with Crippen LogP contribution in [0.3, 0.4) is 0 Å². The van der Waals surface area contributed by atoms with Crippen LogP contribution in [0, 0.1) is 17.7 Å². The van der Waals surface area contributed by atoms with Gasteiger partial charge < -0.3 is 15.3 Å². The molecule has 1 aliphatic rings. The molecule has 4 atom stereocenters. The number of aliphatic carboxylic acids is 1. The second kappa shape index (κ2) is 11.6. The van der Waals surface area contributed by atoms with Gasteiger partial charge in [0, 0.05) is 24.7 Å². The summed E-state index contributed by atoms with van der Waals surface area (Å²) in [5, 5.41) is 29.0. The van der Waals surface area contributed by atoms with Gasteiger partial charge in [0.15, 0.2) is 0 Å². The first-order valence-electron chi connectivity index (χ1n) is 10.0. The molecule has 0 bridgehead atoms. The van der Waals surface area contributed by atoms with Crippen LogP contribution in [-0.2, 0) is 16.0 Å². The molecule has 0 aliphatic heterocycles. The lowest BCUT2D eigenvalue weighted by Gasteiger charge is -2.17. The second-order valence-corrected chi connectivity index (χ2v) is 7.54. The summed E-state index contributed by atoms with van der Waals surface area (Å²) in [6.45, 7) is 0. The lowest BCUT2D eigenvalue weighted by atomic mass is 9.90. The molecule has 1 saturated carbocycles. The maximum atomic E-state index is 12.9. The molecule has 5 nitrogen and oxygen atoms in total. The van der Waals surface area contributed by atoms with Gasteiger partial charge in [0.1, 0.15) is 11.6 Å². The number of unbranched alkanes of at least 4 members (excludes halogenated alkanes) is 1. The zero-order chi connectivity index (χ0) is 21.2. The zero-order valence-corrected chi connectivity index (χ0v) is 16.4. The van der Waals surface area contributed by atoms with Crippen LogP contribution in [-0.4, -0.2) is 39.3 Å². The standard InChI is InChI=1S/C23H29FO5/c24-17-10-7-16(8-11-17)9-12-18(25)13-14-20-19(21(26)15-22(20)27)5-3-1-2-4-6-23(28)29/h1,3,7-8,10-11,13-14,18-21,25-26H,2,4-6,9,12,15H2,(H,28,29)/b3-1-,14-13+/t18-,19+,20+,21-/m0/s1. The Bertz CT molecular complexity index is 725. The summed E-state index contributed by atoms with van der Waals surface area (Å²) in [6, 6.07) is 6.13. The molecule has 0 aromatic heterocycles. The maximum Gasteiger partial charge on any atom is 0.303 e. The molecule has 0 spiro atoms. The quantitative estimate of drug-likeness (QED) is 0.388. The van der Waals surface area contributed by atoms with Gasteiger partial charge in [-0.1, -0.05) is 36.4 Å². The monoisotopic (exact) mass is 404 g/mol. The number of hydrogen-bond acceptors (Lipinski definition) is 4. The van der Waals surface area contributed by atoms with Gasteiger partial charge in [0.2, 0.25) is 0 Å². The van der Waals surface area contributed by atoms with E-state index in [0.717, 1.165) is 5.56 Å². The number of rotatable bonds is 11. The minimum absolute atomic E-state index is 0.0382. The largest absolute Gasteiger partial charge is 0.481 e. The second-order valence-electron chi connectivity index (χ2n) is 7.54. The molecule has 3 N–H and O–H groups in total. The predicted molar refractivity (Wildman–Crippen MR) is 108 cm³/mol. The Morgan fingerprint density at radius 3 is 2.66 bits per heavy atom. The van der Waals surface area contributed by atoms with Gasteiger partial charge in [-0.25, -0.2) is 4.39 Å². The molecule has 1 aromatic carbocycles. The molecule has 29 heavy (non-hydrogen) atoms. The van der Waals surface area contributed by atoms with Crippen LogP contribution < -0.4 is 0 Å². The van der Waals surface area contributed by atoms with E-state index in [1.54, 1.807) is 24.3 Å². The van der Waals surface area contributed by atoms with E-state index in [1.165, 1.54) is 12.1 Å². The fraction of sp³-hybridized carbons (Fsp3) is 0.478. The van der Waals surface area contributed by atoms with Crippen LogP contribution in [0.5, 0.6) is 0 Å². The Labute approximate surface area is 170 Å². The number of allylic oxidation sites excluding steroid dienone is 3. The molecular formula is C23H29FO5. The van der Waals surface area contributed by atoms with Crippen molar-refractivity contribution < 1.29 is 29.3 Å². The van der Waals surface area contributed by atoms with Crippen LogP contribution in [0.4, 0.5) is 4.39 Å². The SMILES string of the molecule is O=C(O)CCC/C=C\C[C@H]1[C@@H](O)CC(=O)[C@@H]1/C=C/[C@@H](O)CCc1ccc(F)cc1. The first kappa shape index (κ1) is 23.0. The van der Waals surface area contributed by atoms with Crippen molar-refractivity contribution in [2.75, 3.05) is 0 Å². The number of benzene rings is 1. The smallest absolute Gasteiger partial charge is 0.303 e. The number of ketones is 1. The molecule has 2 rings (SSSR count). The van der Waals surface area contributed by atoms with E-state index >= 15 is 0 Å². The van der Waals surface area contributed by atoms with Crippen molar-refractivity contribution in [3.8, 4) is 0 Å². The molecule has 1 aromatic rings. The maximum absolute atomic E-state index is 12.9. The van der Waals surface area contributed by atoms with E-state index in [9.17, 15) is 24.2 Å². The summed E-state index contributed by atoms with van der Waals surface area (Å²) in [7, 11) is 0. The van der Waals surface area contributed by atoms with Crippen molar-refractivity contribution >= 4 is 11.8 Å². The highest BCUT2D eigenvalue weighted by molar-refractivity contribution is 5.86. The average molecular weight is 404 g/mol. The Morgan fingerprint density at radius 2 is 1.97 bits per heavy atom. The summed E-state index contributed by atoms with van der Waals surface area (Å²) in [5.41, 5.74) is 0.928. The average Bonchev–Trinajstić information content (AvgIpc) is 2.94. The molecule has 0 unspecified atom stereocenters. The fourth-order valence-electron chi connectivity index (χ4n) is 3.58. The predicted octanol–water partition coefficient (Wildman–Crippen LogP) is 3.44. The lowest BCUT2D eigenvalue weighted by Crippen LogP contribution is -2.19. The Morgan fingerprint density at radius 1 is 1.24 bits per heavy atom. The van der Waals surface area contributed by atoms with Crippen molar-refractivity contribution in [3.05, 3.63) is 60.0 Å². The van der Waals surface area contributed by atoms with E-state index in [4.69, 9.17) is 5.11 Å². The first-order valence-corrected chi connectivity index (χ1v) is 10.0. The molecule has 0 amide bonds. The van der Waals surface area contributed by atoms with Crippen molar-refractivity contribution in [1.82, 2.24) is 0 Å². The van der Waals surface area contributed by atoms with Crippen LogP contribution in [0.2, 0.25) is 0 Å². The minimum Gasteiger partial charge on any atom is -0.481 e. The summed E-state index contributed by atoms with van der Waals surface area (Å²) in [6.07, 6.45) is 8.65. The van der Waals surface area contributed by atoms with Gasteiger partial charge in [-0.3, -0.25) is 9.59 Å². The van der Waals surface area contributed by atoms with Gasteiger partial charge in [-0.2, -0.15) is 0 Å². The third-order valence-electron chi connectivity index (χ3n) is 5.26. The number of carboxylic acids is 1. The van der Waals surface area contributed by atoms with Gasteiger partial charge >= 0.3 is 5.97 Å². The summed E-state index contributed by atoms with van der Waals surface area (Å²) in [5.74, 6) is -1.83. The highest BCUT2D eigenvalue weighted by Gasteiger charge is 2.39. The highest BCUT2D eigenvalue weighted by atomic mass is 19.1. The molecule has 1 fully saturated rings. The van der Waals surface area contributed by atoms with Crippen LogP contribution >= 0.6 is 0 Å². The molecule has 0 radical (unpaired) electrons. The van der Waals surface area contributed by atoms with Gasteiger partial charge in [0.25, 0.3) is 0 Å². The number of carbonyl (C=O) groups excluding carboxylic acids is 1. The summed E-state index contributed by atoms with van der Waals surface area (Å²) < 4.78 is 12.9. The van der Waals surface area contributed by atoms with Crippen molar-refractivity contribution in [2.24, 2.45) is 11.8 Å². The number of aliphatic hydroxyl groups excluding tert-OH is 2. The number of Topliss-reactive ketones (excluding diaryl/α,β-unsaturated/α-hetero) is 1. The topological polar surface area (TPSA) is 94.8 Å².